The molecule has 2 aromatic heterocycles. The summed E-state index contributed by atoms with van der Waals surface area (Å²) in [7, 11) is 0. The van der Waals surface area contributed by atoms with Gasteiger partial charge in [0.1, 0.15) is 0 Å². The number of benzene rings is 2. The molecule has 4 aromatic rings. The number of rotatable bonds is 4. The molecular formula is C23H16N2O4. The molecule has 0 aliphatic heterocycles. The number of carbonyl (C=O) groups excluding carboxylic acids is 2. The number of hydrogen-bond donors (Lipinski definition) is 2. The predicted octanol–water partition coefficient (Wildman–Crippen LogP) is 4.95. The molecule has 0 saturated heterocycles. The first kappa shape index (κ1) is 17.1. The maximum absolute atomic E-state index is 12.2. The average molecular weight is 384 g/mol. The van der Waals surface area contributed by atoms with Crippen molar-refractivity contribution < 1.29 is 18.4 Å². The van der Waals surface area contributed by atoms with Crippen molar-refractivity contribution in [1.82, 2.24) is 0 Å². The van der Waals surface area contributed by atoms with Crippen LogP contribution in [0.15, 0.2) is 82.0 Å². The Kier molecular flexibility index (Phi) is 4.02. The Morgan fingerprint density at radius 1 is 0.690 bits per heavy atom. The molecule has 0 atom stereocenters. The molecule has 142 valence electrons. The number of amides is 2. The van der Waals surface area contributed by atoms with Crippen LogP contribution in [0.2, 0.25) is 0 Å². The van der Waals surface area contributed by atoms with E-state index < -0.39 is 0 Å². The highest BCUT2D eigenvalue weighted by molar-refractivity contribution is 6.04. The lowest BCUT2D eigenvalue weighted by molar-refractivity contribution is 0.0989. The third kappa shape index (κ3) is 3.21. The Morgan fingerprint density at radius 3 is 1.59 bits per heavy atom. The molecule has 0 fully saturated rings. The summed E-state index contributed by atoms with van der Waals surface area (Å²) in [6.45, 7) is 0. The zero-order valence-electron chi connectivity index (χ0n) is 15.3. The van der Waals surface area contributed by atoms with Gasteiger partial charge in [-0.1, -0.05) is 12.1 Å². The lowest BCUT2D eigenvalue weighted by Crippen LogP contribution is -2.11. The monoisotopic (exact) mass is 384 g/mol. The van der Waals surface area contributed by atoms with E-state index in [-0.39, 0.29) is 23.3 Å². The highest BCUT2D eigenvalue weighted by Crippen LogP contribution is 2.39. The lowest BCUT2D eigenvalue weighted by Gasteiger charge is -2.09. The molecule has 2 aromatic carbocycles. The highest BCUT2D eigenvalue weighted by atomic mass is 16.3. The van der Waals surface area contributed by atoms with Crippen molar-refractivity contribution in [3.63, 3.8) is 0 Å². The third-order valence-electron chi connectivity index (χ3n) is 4.90. The van der Waals surface area contributed by atoms with Gasteiger partial charge in [-0.05, 0) is 77.2 Å². The van der Waals surface area contributed by atoms with E-state index >= 15 is 0 Å². The Bertz CT molecular complexity index is 1110. The molecule has 2 N–H and O–H groups in total. The van der Waals surface area contributed by atoms with Crippen LogP contribution in [0.1, 0.15) is 32.2 Å². The minimum Gasteiger partial charge on any atom is -0.459 e. The van der Waals surface area contributed by atoms with Crippen LogP contribution in [-0.2, 0) is 6.42 Å². The summed E-state index contributed by atoms with van der Waals surface area (Å²) in [5, 5.41) is 5.71. The van der Waals surface area contributed by atoms with Crippen molar-refractivity contribution in [2.75, 3.05) is 10.6 Å². The van der Waals surface area contributed by atoms with E-state index in [4.69, 9.17) is 8.83 Å². The SMILES string of the molecule is O=C(Nc1ccc2c(c1)-c1cc(NC(=O)c3ccco3)ccc1C2)c1ccco1. The Hall–Kier alpha value is -4.06. The molecule has 0 spiro atoms. The van der Waals surface area contributed by atoms with Crippen molar-refractivity contribution in [2.24, 2.45) is 0 Å². The average Bonchev–Trinajstić information content (AvgIpc) is 3.48. The number of nitrogens with one attached hydrogen (secondary N) is 2. The summed E-state index contributed by atoms with van der Waals surface area (Å²) >= 11 is 0. The van der Waals surface area contributed by atoms with E-state index in [1.807, 2.05) is 36.4 Å². The summed E-state index contributed by atoms with van der Waals surface area (Å²) in [6.07, 6.45) is 3.74. The molecule has 2 heterocycles. The van der Waals surface area contributed by atoms with Crippen LogP contribution in [0.5, 0.6) is 0 Å². The van der Waals surface area contributed by atoms with Crippen LogP contribution in [0.25, 0.3) is 11.1 Å². The van der Waals surface area contributed by atoms with E-state index in [1.165, 1.54) is 23.7 Å². The van der Waals surface area contributed by atoms with Crippen LogP contribution in [0.3, 0.4) is 0 Å². The minimum absolute atomic E-state index is 0.258. The highest BCUT2D eigenvalue weighted by Gasteiger charge is 2.20. The van der Waals surface area contributed by atoms with Gasteiger partial charge in [0.2, 0.25) is 0 Å². The molecule has 6 heteroatoms. The predicted molar refractivity (Wildman–Crippen MR) is 108 cm³/mol. The molecule has 1 aliphatic carbocycles. The first-order valence-corrected chi connectivity index (χ1v) is 9.13. The topological polar surface area (TPSA) is 84.5 Å². The smallest absolute Gasteiger partial charge is 0.291 e. The zero-order valence-corrected chi connectivity index (χ0v) is 15.3. The number of fused-ring (bicyclic) bond motifs is 3. The standard InChI is InChI=1S/C23H16N2O4/c26-22(20-3-1-9-28-20)24-16-7-5-14-11-15-6-8-17(13-19(15)18(14)12-16)25-23(27)21-4-2-10-29-21/h1-10,12-13H,11H2,(H,24,26)(H,25,27). The second-order valence-electron chi connectivity index (χ2n) is 6.78. The van der Waals surface area contributed by atoms with E-state index in [9.17, 15) is 9.59 Å². The van der Waals surface area contributed by atoms with Crippen molar-refractivity contribution >= 4 is 23.2 Å². The number of anilines is 2. The van der Waals surface area contributed by atoms with Crippen molar-refractivity contribution in [2.45, 2.75) is 6.42 Å². The Balaban J connectivity index is 1.41. The fourth-order valence-electron chi connectivity index (χ4n) is 3.52. The quantitative estimate of drug-likeness (QED) is 0.459. The first-order chi connectivity index (χ1) is 14.2. The van der Waals surface area contributed by atoms with Gasteiger partial charge in [0.15, 0.2) is 11.5 Å². The van der Waals surface area contributed by atoms with Gasteiger partial charge in [-0.3, -0.25) is 9.59 Å². The largest absolute Gasteiger partial charge is 0.459 e. The second kappa shape index (κ2) is 6.83. The van der Waals surface area contributed by atoms with Crippen LogP contribution in [0, 0.1) is 0 Å². The first-order valence-electron chi connectivity index (χ1n) is 9.13. The molecule has 6 nitrogen and oxygen atoms in total. The summed E-state index contributed by atoms with van der Waals surface area (Å²) in [5.41, 5.74) is 5.78. The maximum Gasteiger partial charge on any atom is 0.291 e. The summed E-state index contributed by atoms with van der Waals surface area (Å²) in [4.78, 5) is 24.5. The third-order valence-corrected chi connectivity index (χ3v) is 4.90. The Morgan fingerprint density at radius 2 is 1.17 bits per heavy atom. The fraction of sp³-hybridized carbons (Fsp3) is 0.0435. The maximum atomic E-state index is 12.2. The van der Waals surface area contributed by atoms with Gasteiger partial charge in [-0.2, -0.15) is 0 Å². The molecule has 0 bridgehead atoms. The second-order valence-corrected chi connectivity index (χ2v) is 6.78. The lowest BCUT2D eigenvalue weighted by atomic mass is 10.0. The normalized spacial score (nSPS) is 11.6. The zero-order chi connectivity index (χ0) is 19.8. The van der Waals surface area contributed by atoms with E-state index in [0.717, 1.165) is 17.5 Å². The molecular weight excluding hydrogens is 368 g/mol. The van der Waals surface area contributed by atoms with Gasteiger partial charge >= 0.3 is 0 Å². The van der Waals surface area contributed by atoms with Crippen LogP contribution in [-0.4, -0.2) is 11.8 Å². The van der Waals surface area contributed by atoms with Crippen LogP contribution in [0.4, 0.5) is 11.4 Å². The number of furan rings is 2. The summed E-state index contributed by atoms with van der Waals surface area (Å²) in [6, 6.07) is 18.2. The molecule has 0 unspecified atom stereocenters. The summed E-state index contributed by atoms with van der Waals surface area (Å²) < 4.78 is 10.3. The van der Waals surface area contributed by atoms with Crippen LogP contribution >= 0.6 is 0 Å². The van der Waals surface area contributed by atoms with E-state index in [1.54, 1.807) is 24.3 Å². The van der Waals surface area contributed by atoms with Crippen molar-refractivity contribution in [3.8, 4) is 11.1 Å². The molecule has 2 amide bonds. The molecule has 0 radical (unpaired) electrons. The van der Waals surface area contributed by atoms with Gasteiger partial charge in [0.25, 0.3) is 11.8 Å². The minimum atomic E-state index is -0.298. The van der Waals surface area contributed by atoms with E-state index in [0.29, 0.717) is 11.4 Å². The summed E-state index contributed by atoms with van der Waals surface area (Å²) in [5.74, 6) is -0.0806. The molecule has 29 heavy (non-hydrogen) atoms. The van der Waals surface area contributed by atoms with Crippen molar-refractivity contribution in [1.29, 1.82) is 0 Å². The van der Waals surface area contributed by atoms with E-state index in [2.05, 4.69) is 10.6 Å². The van der Waals surface area contributed by atoms with Crippen molar-refractivity contribution in [3.05, 3.63) is 95.8 Å². The van der Waals surface area contributed by atoms with Gasteiger partial charge in [-0.25, -0.2) is 0 Å². The molecule has 5 rings (SSSR count). The molecule has 0 saturated carbocycles. The van der Waals surface area contributed by atoms with Crippen LogP contribution < -0.4 is 10.6 Å². The van der Waals surface area contributed by atoms with Gasteiger partial charge in [-0.15, -0.1) is 0 Å². The van der Waals surface area contributed by atoms with Gasteiger partial charge in [0.05, 0.1) is 12.5 Å². The fourth-order valence-corrected chi connectivity index (χ4v) is 3.52. The number of hydrogen-bond acceptors (Lipinski definition) is 4. The Labute approximate surface area is 166 Å². The van der Waals surface area contributed by atoms with Gasteiger partial charge < -0.3 is 19.5 Å². The van der Waals surface area contributed by atoms with Gasteiger partial charge in [0, 0.05) is 11.4 Å². The number of carbonyl (C=O) groups is 2. The molecule has 1 aliphatic rings.